The van der Waals surface area contributed by atoms with Crippen LogP contribution in [0.5, 0.6) is 0 Å². The summed E-state index contributed by atoms with van der Waals surface area (Å²) in [5.74, 6) is 6.53. The van der Waals surface area contributed by atoms with Crippen molar-refractivity contribution >= 4 is 5.69 Å². The van der Waals surface area contributed by atoms with E-state index in [1.165, 1.54) is 11.3 Å². The highest BCUT2D eigenvalue weighted by molar-refractivity contribution is 5.53. The molecular formula is C20H22N2. The van der Waals surface area contributed by atoms with Crippen molar-refractivity contribution in [1.29, 1.82) is 0 Å². The fourth-order valence-electron chi connectivity index (χ4n) is 2.84. The fourth-order valence-corrected chi connectivity index (χ4v) is 2.84. The molecule has 0 aliphatic carbocycles. The minimum absolute atomic E-state index is 0.858. The molecule has 1 saturated heterocycles. The SMILES string of the molecule is Cc1ccccc1N1CCN(CC#Cc2ccccc2)CC1. The first-order valence-electron chi connectivity index (χ1n) is 7.90. The molecule has 1 aliphatic heterocycles. The molecule has 0 aromatic heterocycles. The summed E-state index contributed by atoms with van der Waals surface area (Å²) in [4.78, 5) is 4.92. The monoisotopic (exact) mass is 290 g/mol. The second-order valence-corrected chi connectivity index (χ2v) is 5.72. The molecular weight excluding hydrogens is 268 g/mol. The Kier molecular flexibility index (Phi) is 4.78. The molecule has 0 atom stereocenters. The van der Waals surface area contributed by atoms with Crippen molar-refractivity contribution in [1.82, 2.24) is 4.90 Å². The summed E-state index contributed by atoms with van der Waals surface area (Å²) in [5.41, 5.74) is 3.83. The number of benzene rings is 2. The lowest BCUT2D eigenvalue weighted by atomic mass is 10.1. The number of piperazine rings is 1. The first-order chi connectivity index (χ1) is 10.8. The predicted molar refractivity (Wildman–Crippen MR) is 93.2 cm³/mol. The summed E-state index contributed by atoms with van der Waals surface area (Å²) in [6.45, 7) is 7.37. The molecule has 0 saturated carbocycles. The van der Waals surface area contributed by atoms with Gasteiger partial charge in [-0.2, -0.15) is 0 Å². The van der Waals surface area contributed by atoms with E-state index in [0.717, 1.165) is 38.3 Å². The summed E-state index contributed by atoms with van der Waals surface area (Å²) in [6.07, 6.45) is 0. The van der Waals surface area contributed by atoms with Gasteiger partial charge in [-0.1, -0.05) is 48.2 Å². The fraction of sp³-hybridized carbons (Fsp3) is 0.300. The maximum atomic E-state index is 3.29. The molecule has 2 aromatic carbocycles. The molecule has 3 rings (SSSR count). The summed E-state index contributed by atoms with van der Waals surface area (Å²) in [6, 6.07) is 18.8. The van der Waals surface area contributed by atoms with E-state index in [4.69, 9.17) is 0 Å². The molecule has 0 N–H and O–H groups in total. The minimum atomic E-state index is 0.858. The van der Waals surface area contributed by atoms with E-state index < -0.39 is 0 Å². The Balaban J connectivity index is 1.52. The van der Waals surface area contributed by atoms with Crippen LogP contribution in [0.1, 0.15) is 11.1 Å². The van der Waals surface area contributed by atoms with Crippen molar-refractivity contribution in [3.05, 3.63) is 65.7 Å². The van der Waals surface area contributed by atoms with Gasteiger partial charge in [0.15, 0.2) is 0 Å². The number of hydrogen-bond acceptors (Lipinski definition) is 2. The van der Waals surface area contributed by atoms with Crippen molar-refractivity contribution < 1.29 is 0 Å². The van der Waals surface area contributed by atoms with Crippen LogP contribution in [0.3, 0.4) is 0 Å². The van der Waals surface area contributed by atoms with Gasteiger partial charge in [-0.15, -0.1) is 0 Å². The van der Waals surface area contributed by atoms with E-state index in [1.54, 1.807) is 0 Å². The number of rotatable bonds is 2. The van der Waals surface area contributed by atoms with Gasteiger partial charge < -0.3 is 4.90 Å². The van der Waals surface area contributed by atoms with Gasteiger partial charge in [0.25, 0.3) is 0 Å². The van der Waals surface area contributed by atoms with Crippen LogP contribution in [0.15, 0.2) is 54.6 Å². The van der Waals surface area contributed by atoms with Crippen molar-refractivity contribution in [2.75, 3.05) is 37.6 Å². The van der Waals surface area contributed by atoms with E-state index in [2.05, 4.69) is 65.0 Å². The molecule has 1 heterocycles. The van der Waals surface area contributed by atoms with Crippen LogP contribution >= 0.6 is 0 Å². The lowest BCUT2D eigenvalue weighted by Gasteiger charge is -2.36. The molecule has 1 aliphatic rings. The van der Waals surface area contributed by atoms with Crippen LogP contribution in [0, 0.1) is 18.8 Å². The molecule has 2 heteroatoms. The average Bonchev–Trinajstić information content (AvgIpc) is 2.57. The number of aryl methyl sites for hydroxylation is 1. The van der Waals surface area contributed by atoms with Crippen LogP contribution in [0.4, 0.5) is 5.69 Å². The zero-order valence-electron chi connectivity index (χ0n) is 13.1. The maximum absolute atomic E-state index is 3.29. The molecule has 0 unspecified atom stereocenters. The Morgan fingerprint density at radius 3 is 2.27 bits per heavy atom. The molecule has 112 valence electrons. The molecule has 1 fully saturated rings. The predicted octanol–water partition coefficient (Wildman–Crippen LogP) is 3.17. The Morgan fingerprint density at radius 1 is 0.864 bits per heavy atom. The minimum Gasteiger partial charge on any atom is -0.369 e. The molecule has 0 amide bonds. The van der Waals surface area contributed by atoms with Gasteiger partial charge in [-0.3, -0.25) is 4.90 Å². The number of anilines is 1. The third-order valence-corrected chi connectivity index (χ3v) is 4.14. The van der Waals surface area contributed by atoms with E-state index >= 15 is 0 Å². The molecule has 0 radical (unpaired) electrons. The van der Waals surface area contributed by atoms with E-state index in [0.29, 0.717) is 0 Å². The zero-order chi connectivity index (χ0) is 15.2. The lowest BCUT2D eigenvalue weighted by Crippen LogP contribution is -2.46. The van der Waals surface area contributed by atoms with Gasteiger partial charge in [0.2, 0.25) is 0 Å². The maximum Gasteiger partial charge on any atom is 0.0606 e. The topological polar surface area (TPSA) is 6.48 Å². The summed E-state index contributed by atoms with van der Waals surface area (Å²) in [7, 11) is 0. The van der Waals surface area contributed by atoms with E-state index in [9.17, 15) is 0 Å². The number of nitrogens with zero attached hydrogens (tertiary/aromatic N) is 2. The van der Waals surface area contributed by atoms with Crippen LogP contribution in [-0.2, 0) is 0 Å². The van der Waals surface area contributed by atoms with Gasteiger partial charge in [0, 0.05) is 37.4 Å². The van der Waals surface area contributed by atoms with Crippen molar-refractivity contribution in [2.45, 2.75) is 6.92 Å². The Hall–Kier alpha value is -2.24. The quantitative estimate of drug-likeness (QED) is 0.784. The van der Waals surface area contributed by atoms with E-state index in [-0.39, 0.29) is 0 Å². The largest absolute Gasteiger partial charge is 0.369 e. The average molecular weight is 290 g/mol. The standard InChI is InChI=1S/C20H22N2/c1-18-8-5-6-12-20(18)22-16-14-21(15-17-22)13-7-11-19-9-3-2-4-10-19/h2-6,8-10,12H,13-17H2,1H3. The van der Waals surface area contributed by atoms with Crippen molar-refractivity contribution in [2.24, 2.45) is 0 Å². The highest BCUT2D eigenvalue weighted by Gasteiger charge is 2.17. The lowest BCUT2D eigenvalue weighted by molar-refractivity contribution is 0.288. The van der Waals surface area contributed by atoms with Gasteiger partial charge >= 0.3 is 0 Å². The normalized spacial score (nSPS) is 15.2. The summed E-state index contributed by atoms with van der Waals surface area (Å²) in [5, 5.41) is 0. The van der Waals surface area contributed by atoms with Crippen LogP contribution in [0.2, 0.25) is 0 Å². The second kappa shape index (κ2) is 7.15. The third kappa shape index (κ3) is 3.69. The first kappa shape index (κ1) is 14.7. The van der Waals surface area contributed by atoms with Gasteiger partial charge in [0.1, 0.15) is 0 Å². The number of para-hydroxylation sites is 1. The van der Waals surface area contributed by atoms with Crippen LogP contribution in [-0.4, -0.2) is 37.6 Å². The van der Waals surface area contributed by atoms with Gasteiger partial charge in [-0.25, -0.2) is 0 Å². The molecule has 22 heavy (non-hydrogen) atoms. The molecule has 2 nitrogen and oxygen atoms in total. The highest BCUT2D eigenvalue weighted by atomic mass is 15.3. The van der Waals surface area contributed by atoms with Crippen LogP contribution in [0.25, 0.3) is 0 Å². The summed E-state index contributed by atoms with van der Waals surface area (Å²) >= 11 is 0. The second-order valence-electron chi connectivity index (χ2n) is 5.72. The third-order valence-electron chi connectivity index (χ3n) is 4.14. The zero-order valence-corrected chi connectivity index (χ0v) is 13.1. The van der Waals surface area contributed by atoms with Crippen LogP contribution < -0.4 is 4.90 Å². The van der Waals surface area contributed by atoms with Crippen molar-refractivity contribution in [3.63, 3.8) is 0 Å². The smallest absolute Gasteiger partial charge is 0.0606 e. The van der Waals surface area contributed by atoms with E-state index in [1.807, 2.05) is 18.2 Å². The molecule has 0 bridgehead atoms. The Morgan fingerprint density at radius 2 is 1.55 bits per heavy atom. The Bertz CT molecular complexity index is 659. The van der Waals surface area contributed by atoms with Crippen molar-refractivity contribution in [3.8, 4) is 11.8 Å². The highest BCUT2D eigenvalue weighted by Crippen LogP contribution is 2.20. The first-order valence-corrected chi connectivity index (χ1v) is 7.90. The molecule has 2 aromatic rings. The number of hydrogen-bond donors (Lipinski definition) is 0. The van der Waals surface area contributed by atoms with Gasteiger partial charge in [-0.05, 0) is 30.7 Å². The van der Waals surface area contributed by atoms with Gasteiger partial charge in [0.05, 0.1) is 6.54 Å². The Labute approximate surface area is 133 Å². The summed E-state index contributed by atoms with van der Waals surface area (Å²) < 4.78 is 0. The molecule has 0 spiro atoms.